The van der Waals surface area contributed by atoms with Crippen molar-refractivity contribution in [1.82, 2.24) is 9.78 Å². The summed E-state index contributed by atoms with van der Waals surface area (Å²) in [5, 5.41) is 5.96. The SMILES string of the molecule is Cc1nn(C)c(C)c1C=C(c1ccc(Cl)cc1)c1ccc(Cl)cc1. The number of rotatable bonds is 3. The van der Waals surface area contributed by atoms with Gasteiger partial charge in [-0.15, -0.1) is 0 Å². The third-order valence-electron chi connectivity index (χ3n) is 4.16. The van der Waals surface area contributed by atoms with Gasteiger partial charge in [-0.3, -0.25) is 4.68 Å². The lowest BCUT2D eigenvalue weighted by atomic mass is 9.95. The predicted octanol–water partition coefficient (Wildman–Crippen LogP) is 5.93. The van der Waals surface area contributed by atoms with E-state index in [2.05, 4.69) is 18.1 Å². The van der Waals surface area contributed by atoms with Crippen LogP contribution in [0.15, 0.2) is 48.5 Å². The lowest BCUT2D eigenvalue weighted by Gasteiger charge is -2.10. The Kier molecular flexibility index (Phi) is 4.79. The zero-order valence-electron chi connectivity index (χ0n) is 13.8. The summed E-state index contributed by atoms with van der Waals surface area (Å²) in [6, 6.07) is 15.8. The van der Waals surface area contributed by atoms with Crippen LogP contribution >= 0.6 is 23.2 Å². The van der Waals surface area contributed by atoms with Crippen molar-refractivity contribution in [3.8, 4) is 0 Å². The van der Waals surface area contributed by atoms with Crippen LogP contribution in [-0.2, 0) is 7.05 Å². The van der Waals surface area contributed by atoms with E-state index in [4.69, 9.17) is 23.2 Å². The van der Waals surface area contributed by atoms with Crippen LogP contribution in [0, 0.1) is 13.8 Å². The molecule has 24 heavy (non-hydrogen) atoms. The van der Waals surface area contributed by atoms with Gasteiger partial charge in [0.1, 0.15) is 0 Å². The molecular formula is C20H18Cl2N2. The number of halogens is 2. The van der Waals surface area contributed by atoms with Crippen molar-refractivity contribution < 1.29 is 0 Å². The van der Waals surface area contributed by atoms with Gasteiger partial charge in [0.2, 0.25) is 0 Å². The van der Waals surface area contributed by atoms with Gasteiger partial charge < -0.3 is 0 Å². The minimum absolute atomic E-state index is 0.725. The molecule has 1 aromatic heterocycles. The molecule has 3 rings (SSSR count). The quantitative estimate of drug-likeness (QED) is 0.568. The van der Waals surface area contributed by atoms with Crippen LogP contribution < -0.4 is 0 Å². The fourth-order valence-electron chi connectivity index (χ4n) is 2.74. The van der Waals surface area contributed by atoms with Gasteiger partial charge in [0.15, 0.2) is 0 Å². The van der Waals surface area contributed by atoms with Crippen LogP contribution in [-0.4, -0.2) is 9.78 Å². The summed E-state index contributed by atoms with van der Waals surface area (Å²) < 4.78 is 1.91. The van der Waals surface area contributed by atoms with E-state index in [9.17, 15) is 0 Å². The Labute approximate surface area is 152 Å². The summed E-state index contributed by atoms with van der Waals surface area (Å²) in [7, 11) is 1.96. The topological polar surface area (TPSA) is 17.8 Å². The highest BCUT2D eigenvalue weighted by molar-refractivity contribution is 6.31. The molecule has 0 aliphatic rings. The van der Waals surface area contributed by atoms with Gasteiger partial charge in [-0.2, -0.15) is 5.10 Å². The van der Waals surface area contributed by atoms with Gasteiger partial charge in [0.05, 0.1) is 5.69 Å². The number of hydrogen-bond donors (Lipinski definition) is 0. The molecule has 0 N–H and O–H groups in total. The Morgan fingerprint density at radius 3 is 1.71 bits per heavy atom. The molecule has 3 aromatic rings. The van der Waals surface area contributed by atoms with E-state index in [0.717, 1.165) is 43.7 Å². The van der Waals surface area contributed by atoms with Crippen LogP contribution in [0.3, 0.4) is 0 Å². The molecule has 2 aromatic carbocycles. The predicted molar refractivity (Wildman–Crippen MR) is 103 cm³/mol. The van der Waals surface area contributed by atoms with Gasteiger partial charge in [-0.05, 0) is 60.9 Å². The van der Waals surface area contributed by atoms with Crippen LogP contribution in [0.2, 0.25) is 10.0 Å². The third-order valence-corrected chi connectivity index (χ3v) is 4.67. The van der Waals surface area contributed by atoms with Crippen LogP contribution in [0.25, 0.3) is 11.6 Å². The van der Waals surface area contributed by atoms with Gasteiger partial charge >= 0.3 is 0 Å². The Morgan fingerprint density at radius 2 is 1.33 bits per heavy atom. The summed E-state index contributed by atoms with van der Waals surface area (Å²) in [4.78, 5) is 0. The number of aromatic nitrogens is 2. The van der Waals surface area contributed by atoms with Crippen LogP contribution in [0.5, 0.6) is 0 Å². The molecule has 0 saturated carbocycles. The van der Waals surface area contributed by atoms with E-state index >= 15 is 0 Å². The molecule has 0 saturated heterocycles. The van der Waals surface area contributed by atoms with Gasteiger partial charge in [-0.25, -0.2) is 0 Å². The van der Waals surface area contributed by atoms with Crippen LogP contribution in [0.4, 0.5) is 0 Å². The first-order chi connectivity index (χ1) is 11.5. The second-order valence-corrected chi connectivity index (χ2v) is 6.65. The largest absolute Gasteiger partial charge is 0.272 e. The maximum Gasteiger partial charge on any atom is 0.0668 e. The second kappa shape index (κ2) is 6.84. The van der Waals surface area contributed by atoms with Crippen molar-refractivity contribution in [2.75, 3.05) is 0 Å². The average molecular weight is 357 g/mol. The molecule has 0 radical (unpaired) electrons. The second-order valence-electron chi connectivity index (χ2n) is 5.78. The zero-order chi connectivity index (χ0) is 17.3. The number of nitrogens with zero attached hydrogens (tertiary/aromatic N) is 2. The Morgan fingerprint density at radius 1 is 0.875 bits per heavy atom. The van der Waals surface area contributed by atoms with E-state index in [1.807, 2.05) is 67.2 Å². The Bertz CT molecular complexity index is 841. The first kappa shape index (κ1) is 16.8. The van der Waals surface area contributed by atoms with Crippen LogP contribution in [0.1, 0.15) is 28.1 Å². The highest BCUT2D eigenvalue weighted by atomic mass is 35.5. The molecule has 0 fully saturated rings. The van der Waals surface area contributed by atoms with E-state index in [0.29, 0.717) is 0 Å². The van der Waals surface area contributed by atoms with Crippen molar-refractivity contribution >= 4 is 34.9 Å². The number of benzene rings is 2. The summed E-state index contributed by atoms with van der Waals surface area (Å²) in [6.07, 6.45) is 2.18. The standard InChI is InChI=1S/C20H18Cl2N2/c1-13-19(14(2)24(3)23-13)12-20(15-4-8-17(21)9-5-15)16-6-10-18(22)11-7-16/h4-12H,1-3H3. The summed E-state index contributed by atoms with van der Waals surface area (Å²) >= 11 is 12.1. The maximum absolute atomic E-state index is 6.05. The van der Waals surface area contributed by atoms with E-state index in [1.165, 1.54) is 0 Å². The maximum atomic E-state index is 6.05. The average Bonchev–Trinajstić information content (AvgIpc) is 2.80. The summed E-state index contributed by atoms with van der Waals surface area (Å²) in [5.41, 5.74) is 6.59. The lowest BCUT2D eigenvalue weighted by molar-refractivity contribution is 0.731. The van der Waals surface area contributed by atoms with E-state index in [1.54, 1.807) is 0 Å². The first-order valence-electron chi connectivity index (χ1n) is 7.69. The normalized spacial score (nSPS) is 10.7. The van der Waals surface area contributed by atoms with Crippen molar-refractivity contribution in [3.05, 3.63) is 86.7 Å². The number of aryl methyl sites for hydroxylation is 2. The molecule has 0 atom stereocenters. The summed E-state index contributed by atoms with van der Waals surface area (Å²) in [5.74, 6) is 0. The van der Waals surface area contributed by atoms with Gasteiger partial charge in [-0.1, -0.05) is 47.5 Å². The molecule has 0 spiro atoms. The molecule has 2 nitrogen and oxygen atoms in total. The molecule has 0 aliphatic carbocycles. The van der Waals surface area contributed by atoms with Gasteiger partial charge in [0, 0.05) is 28.4 Å². The Hall–Kier alpha value is -2.03. The zero-order valence-corrected chi connectivity index (χ0v) is 15.4. The lowest BCUT2D eigenvalue weighted by Crippen LogP contribution is -1.93. The van der Waals surface area contributed by atoms with Crippen molar-refractivity contribution in [2.24, 2.45) is 7.05 Å². The van der Waals surface area contributed by atoms with Crippen molar-refractivity contribution in [1.29, 1.82) is 0 Å². The smallest absolute Gasteiger partial charge is 0.0668 e. The molecule has 4 heteroatoms. The van der Waals surface area contributed by atoms with Crippen molar-refractivity contribution in [3.63, 3.8) is 0 Å². The first-order valence-corrected chi connectivity index (χ1v) is 8.45. The third kappa shape index (κ3) is 3.40. The van der Waals surface area contributed by atoms with E-state index < -0.39 is 0 Å². The molecule has 1 heterocycles. The van der Waals surface area contributed by atoms with Gasteiger partial charge in [0.25, 0.3) is 0 Å². The molecule has 0 bridgehead atoms. The monoisotopic (exact) mass is 356 g/mol. The highest BCUT2D eigenvalue weighted by Gasteiger charge is 2.11. The molecular weight excluding hydrogens is 339 g/mol. The Balaban J connectivity index is 2.19. The molecule has 0 aliphatic heterocycles. The molecule has 0 amide bonds. The highest BCUT2D eigenvalue weighted by Crippen LogP contribution is 2.29. The molecule has 122 valence electrons. The minimum atomic E-state index is 0.725. The fourth-order valence-corrected chi connectivity index (χ4v) is 2.99. The summed E-state index contributed by atoms with van der Waals surface area (Å²) in [6.45, 7) is 4.10. The fraction of sp³-hybridized carbons (Fsp3) is 0.150. The number of hydrogen-bond acceptors (Lipinski definition) is 1. The molecule has 0 unspecified atom stereocenters. The van der Waals surface area contributed by atoms with E-state index in [-0.39, 0.29) is 0 Å². The minimum Gasteiger partial charge on any atom is -0.272 e. The van der Waals surface area contributed by atoms with Crippen molar-refractivity contribution in [2.45, 2.75) is 13.8 Å².